The molecule has 30 heavy (non-hydrogen) atoms. The van der Waals surface area contributed by atoms with Crippen molar-refractivity contribution in [2.75, 3.05) is 0 Å². The van der Waals surface area contributed by atoms with Crippen molar-refractivity contribution in [1.29, 1.82) is 5.26 Å². The molecule has 2 aromatic rings. The molecule has 0 aliphatic heterocycles. The summed E-state index contributed by atoms with van der Waals surface area (Å²) in [6.45, 7) is 6.79. The first-order chi connectivity index (χ1) is 14.2. The van der Waals surface area contributed by atoms with Crippen LogP contribution in [0.3, 0.4) is 0 Å². The maximum Gasteiger partial charge on any atom is 0.339 e. The number of hydrogen-bond acceptors (Lipinski definition) is 4. The maximum absolute atomic E-state index is 12.9. The number of rotatable bonds is 7. The minimum atomic E-state index is -1.07. The first-order valence-corrected chi connectivity index (χ1v) is 10.0. The van der Waals surface area contributed by atoms with E-state index in [1.807, 2.05) is 44.2 Å². The molecule has 2 rings (SSSR count). The Labute approximate surface area is 182 Å². The van der Waals surface area contributed by atoms with E-state index in [1.54, 1.807) is 37.3 Å². The smallest absolute Gasteiger partial charge is 0.339 e. The zero-order valence-electron chi connectivity index (χ0n) is 17.5. The number of nitrogens with zero attached hydrogens (tertiary/aromatic N) is 1. The van der Waals surface area contributed by atoms with Gasteiger partial charge in [-0.05, 0) is 49.1 Å². The van der Waals surface area contributed by atoms with Gasteiger partial charge in [-0.2, -0.15) is 5.26 Å². The minimum Gasteiger partial charge on any atom is -0.449 e. The summed E-state index contributed by atoms with van der Waals surface area (Å²) in [5, 5.41) is 12.6. The normalized spacial score (nSPS) is 14.4. The first kappa shape index (κ1) is 23.2. The molecule has 5 nitrogen and oxygen atoms in total. The summed E-state index contributed by atoms with van der Waals surface area (Å²) in [4.78, 5) is 25.5. The molecule has 1 amide bonds. The second kappa shape index (κ2) is 10.1. The Kier molecular flexibility index (Phi) is 7.79. The van der Waals surface area contributed by atoms with Gasteiger partial charge in [0.15, 0.2) is 6.10 Å². The zero-order valence-corrected chi connectivity index (χ0v) is 18.2. The number of ether oxygens (including phenoxy) is 1. The third-order valence-corrected chi connectivity index (χ3v) is 5.16. The molecule has 6 heteroatoms. The molecule has 0 bridgehead atoms. The molecule has 2 atom stereocenters. The number of amides is 1. The van der Waals surface area contributed by atoms with Crippen molar-refractivity contribution in [2.24, 2.45) is 5.92 Å². The standard InChI is InChI=1S/C24H25ClN2O3/c1-16(2)24(4,15-26)27-22(28)17(3)30-23(29)21(14-18-8-6-5-7-9-18)19-10-12-20(25)13-11-19/h5-14,16-17H,1-4H3,(H,27,28)/b21-14+. The van der Waals surface area contributed by atoms with Crippen LogP contribution in [0.5, 0.6) is 0 Å². The van der Waals surface area contributed by atoms with Crippen molar-refractivity contribution in [3.05, 3.63) is 70.7 Å². The second-order valence-electron chi connectivity index (χ2n) is 7.48. The first-order valence-electron chi connectivity index (χ1n) is 9.63. The van der Waals surface area contributed by atoms with Crippen LogP contribution in [-0.2, 0) is 14.3 Å². The number of benzene rings is 2. The van der Waals surface area contributed by atoms with E-state index in [2.05, 4.69) is 11.4 Å². The lowest BCUT2D eigenvalue weighted by atomic mass is 9.90. The van der Waals surface area contributed by atoms with E-state index in [1.165, 1.54) is 6.92 Å². The summed E-state index contributed by atoms with van der Waals surface area (Å²) >= 11 is 5.97. The van der Waals surface area contributed by atoms with Gasteiger partial charge in [-0.3, -0.25) is 4.79 Å². The molecule has 0 spiro atoms. The number of nitrogens with one attached hydrogen (secondary N) is 1. The summed E-state index contributed by atoms with van der Waals surface area (Å²) < 4.78 is 5.44. The molecule has 2 unspecified atom stereocenters. The summed E-state index contributed by atoms with van der Waals surface area (Å²) in [6.07, 6.45) is 0.624. The molecule has 156 valence electrons. The van der Waals surface area contributed by atoms with Crippen LogP contribution < -0.4 is 5.32 Å². The quantitative estimate of drug-likeness (QED) is 0.390. The highest BCUT2D eigenvalue weighted by Gasteiger charge is 2.33. The Bertz CT molecular complexity index is 962. The van der Waals surface area contributed by atoms with E-state index in [9.17, 15) is 14.9 Å². The predicted molar refractivity (Wildman–Crippen MR) is 118 cm³/mol. The molecule has 0 aliphatic carbocycles. The molecule has 2 aromatic carbocycles. The van der Waals surface area contributed by atoms with Gasteiger partial charge in [0.05, 0.1) is 11.6 Å². The van der Waals surface area contributed by atoms with Gasteiger partial charge in [0.2, 0.25) is 0 Å². The number of carbonyl (C=O) groups excluding carboxylic acids is 2. The Balaban J connectivity index is 2.26. The van der Waals surface area contributed by atoms with E-state index < -0.39 is 23.5 Å². The summed E-state index contributed by atoms with van der Waals surface area (Å²) in [5.74, 6) is -1.29. The monoisotopic (exact) mass is 424 g/mol. The van der Waals surface area contributed by atoms with Gasteiger partial charge in [0, 0.05) is 5.02 Å². The molecule has 0 radical (unpaired) electrons. The third kappa shape index (κ3) is 5.95. The fraction of sp³-hybridized carbons (Fsp3) is 0.292. The lowest BCUT2D eigenvalue weighted by Crippen LogP contribution is -2.52. The van der Waals surface area contributed by atoms with Crippen LogP contribution in [0.25, 0.3) is 11.6 Å². The fourth-order valence-corrected chi connectivity index (χ4v) is 2.67. The van der Waals surface area contributed by atoms with Gasteiger partial charge in [-0.15, -0.1) is 0 Å². The van der Waals surface area contributed by atoms with Crippen LogP contribution >= 0.6 is 11.6 Å². The molecule has 0 fully saturated rings. The highest BCUT2D eigenvalue weighted by molar-refractivity contribution is 6.30. The van der Waals surface area contributed by atoms with Gasteiger partial charge < -0.3 is 10.1 Å². The zero-order chi connectivity index (χ0) is 22.3. The van der Waals surface area contributed by atoms with Gasteiger partial charge in [0.25, 0.3) is 5.91 Å². The van der Waals surface area contributed by atoms with Crippen molar-refractivity contribution in [1.82, 2.24) is 5.32 Å². The van der Waals surface area contributed by atoms with E-state index in [0.29, 0.717) is 16.2 Å². The van der Waals surface area contributed by atoms with E-state index in [4.69, 9.17) is 16.3 Å². The van der Waals surface area contributed by atoms with Crippen molar-refractivity contribution in [3.8, 4) is 6.07 Å². The molecular weight excluding hydrogens is 400 g/mol. The Hall–Kier alpha value is -3.10. The number of nitriles is 1. The van der Waals surface area contributed by atoms with E-state index >= 15 is 0 Å². The summed E-state index contributed by atoms with van der Waals surface area (Å²) in [7, 11) is 0. The average Bonchev–Trinajstić information content (AvgIpc) is 2.73. The summed E-state index contributed by atoms with van der Waals surface area (Å²) in [5.41, 5.74) is 0.666. The van der Waals surface area contributed by atoms with Crippen LogP contribution in [0.1, 0.15) is 38.8 Å². The van der Waals surface area contributed by atoms with E-state index in [0.717, 1.165) is 5.56 Å². The predicted octanol–water partition coefficient (Wildman–Crippen LogP) is 4.87. The lowest BCUT2D eigenvalue weighted by molar-refractivity contribution is -0.150. The van der Waals surface area contributed by atoms with Crippen molar-refractivity contribution in [3.63, 3.8) is 0 Å². The van der Waals surface area contributed by atoms with Gasteiger partial charge in [0.1, 0.15) is 5.54 Å². The van der Waals surface area contributed by atoms with Crippen LogP contribution in [-0.4, -0.2) is 23.5 Å². The van der Waals surface area contributed by atoms with Crippen molar-refractivity contribution < 1.29 is 14.3 Å². The molecule has 0 heterocycles. The Morgan fingerprint density at radius 1 is 1.10 bits per heavy atom. The van der Waals surface area contributed by atoms with Crippen LogP contribution in [0.15, 0.2) is 54.6 Å². The van der Waals surface area contributed by atoms with Gasteiger partial charge >= 0.3 is 5.97 Å². The molecule has 0 saturated carbocycles. The van der Waals surface area contributed by atoms with Crippen LogP contribution in [0, 0.1) is 17.2 Å². The maximum atomic E-state index is 12.9. The van der Waals surface area contributed by atoms with Crippen molar-refractivity contribution in [2.45, 2.75) is 39.3 Å². The van der Waals surface area contributed by atoms with Crippen LogP contribution in [0.2, 0.25) is 5.02 Å². The fourth-order valence-electron chi connectivity index (χ4n) is 2.54. The highest BCUT2D eigenvalue weighted by Crippen LogP contribution is 2.23. The van der Waals surface area contributed by atoms with E-state index in [-0.39, 0.29) is 5.92 Å². The molecule has 0 aliphatic rings. The third-order valence-electron chi connectivity index (χ3n) is 4.91. The number of carbonyl (C=O) groups is 2. The number of halogens is 1. The minimum absolute atomic E-state index is 0.114. The van der Waals surface area contributed by atoms with Gasteiger partial charge in [-0.1, -0.05) is 67.9 Å². The largest absolute Gasteiger partial charge is 0.449 e. The number of esters is 1. The molecule has 0 saturated heterocycles. The average molecular weight is 425 g/mol. The topological polar surface area (TPSA) is 79.2 Å². The second-order valence-corrected chi connectivity index (χ2v) is 7.92. The lowest BCUT2D eigenvalue weighted by Gasteiger charge is -2.28. The molecule has 1 N–H and O–H groups in total. The Morgan fingerprint density at radius 2 is 1.70 bits per heavy atom. The van der Waals surface area contributed by atoms with Crippen molar-refractivity contribution >= 4 is 35.1 Å². The Morgan fingerprint density at radius 3 is 2.23 bits per heavy atom. The number of hydrogen-bond donors (Lipinski definition) is 1. The SMILES string of the molecule is CC(OC(=O)/C(=C/c1ccccc1)c1ccc(Cl)cc1)C(=O)NC(C)(C#N)C(C)C. The highest BCUT2D eigenvalue weighted by atomic mass is 35.5. The van der Waals surface area contributed by atoms with Crippen LogP contribution in [0.4, 0.5) is 0 Å². The summed E-state index contributed by atoms with van der Waals surface area (Å²) in [6, 6.07) is 18.2. The molecule has 0 aromatic heterocycles. The molecular formula is C24H25ClN2O3. The van der Waals surface area contributed by atoms with Gasteiger partial charge in [-0.25, -0.2) is 4.79 Å².